The monoisotopic (exact) mass is 130 g/mol. The molecule has 4 nitrogen and oxygen atoms in total. The number of thioether (sulfide) groups is 1. The van der Waals surface area contributed by atoms with Gasteiger partial charge in [0.1, 0.15) is 0 Å². The van der Waals surface area contributed by atoms with Crippen LogP contribution in [-0.4, -0.2) is 16.6 Å². The fraction of sp³-hybridized carbons (Fsp3) is 0.333. The molecule has 0 aromatic heterocycles. The highest BCUT2D eigenvalue weighted by Crippen LogP contribution is 2.14. The number of hydrogen-bond acceptors (Lipinski definition) is 4. The minimum Gasteiger partial charge on any atom is -0.358 e. The Hall–Kier alpha value is -0.580. The van der Waals surface area contributed by atoms with E-state index in [1.165, 1.54) is 11.8 Å². The van der Waals surface area contributed by atoms with Crippen LogP contribution in [0.25, 0.3) is 0 Å². The first-order valence-corrected chi connectivity index (χ1v) is 2.86. The van der Waals surface area contributed by atoms with Crippen molar-refractivity contribution in [3.63, 3.8) is 0 Å². The van der Waals surface area contributed by atoms with Gasteiger partial charge >= 0.3 is 5.84 Å². The van der Waals surface area contributed by atoms with Crippen molar-refractivity contribution in [2.24, 2.45) is 4.99 Å². The van der Waals surface area contributed by atoms with Crippen molar-refractivity contribution in [3.8, 4) is 0 Å². The van der Waals surface area contributed by atoms with Gasteiger partial charge in [-0.2, -0.15) is 0 Å². The maximum atomic E-state index is 9.80. The van der Waals surface area contributed by atoms with Crippen LogP contribution in [0.5, 0.6) is 0 Å². The molecule has 5 heteroatoms. The largest absolute Gasteiger partial charge is 0.358 e. The van der Waals surface area contributed by atoms with Gasteiger partial charge in [-0.25, -0.2) is 0 Å². The summed E-state index contributed by atoms with van der Waals surface area (Å²) >= 11 is 1.22. The Kier molecular flexibility index (Phi) is 1.48. The maximum Gasteiger partial charge on any atom is 0.354 e. The van der Waals surface area contributed by atoms with E-state index in [2.05, 4.69) is 10.7 Å². The van der Waals surface area contributed by atoms with Crippen LogP contribution in [-0.2, 0) is 0 Å². The molecule has 1 aliphatic rings. The smallest absolute Gasteiger partial charge is 0.354 e. The number of amidine groups is 1. The van der Waals surface area contributed by atoms with E-state index in [0.29, 0.717) is 5.88 Å². The Balaban J connectivity index is 2.57. The minimum atomic E-state index is -0.542. The van der Waals surface area contributed by atoms with E-state index >= 15 is 0 Å². The highest BCUT2D eigenvalue weighted by Gasteiger charge is 2.19. The number of rotatable bonds is 0. The quantitative estimate of drug-likeness (QED) is 0.352. The second-order valence-corrected chi connectivity index (χ2v) is 1.87. The highest BCUT2D eigenvalue weighted by molar-refractivity contribution is 8.02. The minimum absolute atomic E-state index is 0.144. The zero-order valence-corrected chi connectivity index (χ0v) is 4.64. The van der Waals surface area contributed by atoms with Gasteiger partial charge in [-0.3, -0.25) is 0 Å². The Bertz CT molecular complexity index is 144. The molecule has 0 unspecified atom stereocenters. The number of hydrogen-bond donors (Lipinski definition) is 0. The van der Waals surface area contributed by atoms with Gasteiger partial charge in [-0.05, 0) is 4.92 Å². The van der Waals surface area contributed by atoms with Gasteiger partial charge in [0.25, 0.3) is 0 Å². The third-order valence-corrected chi connectivity index (χ3v) is 1.20. The molecule has 0 fully saturated rings. The van der Waals surface area contributed by atoms with E-state index < -0.39 is 4.92 Å². The van der Waals surface area contributed by atoms with Crippen LogP contribution in [0.2, 0.25) is 0 Å². The highest BCUT2D eigenvalue weighted by atomic mass is 32.2. The van der Waals surface area contributed by atoms with E-state index in [9.17, 15) is 10.1 Å². The molecule has 0 spiro atoms. The second-order valence-electron chi connectivity index (χ2n) is 1.11. The topological polar surface area (TPSA) is 55.5 Å². The summed E-state index contributed by atoms with van der Waals surface area (Å²) in [5, 5.41) is 9.80. The lowest BCUT2D eigenvalue weighted by molar-refractivity contribution is -0.348. The van der Waals surface area contributed by atoms with Crippen LogP contribution in [0, 0.1) is 15.9 Å². The Morgan fingerprint density at radius 2 is 2.75 bits per heavy atom. The van der Waals surface area contributed by atoms with Gasteiger partial charge in [0.15, 0.2) is 11.6 Å². The van der Waals surface area contributed by atoms with Crippen molar-refractivity contribution in [3.05, 3.63) is 15.9 Å². The average molecular weight is 130 g/mol. The average Bonchev–Trinajstić information content (AvgIpc) is 2.12. The number of nitrogens with zero attached hydrogens (tertiary/aromatic N) is 2. The first kappa shape index (κ1) is 5.55. The summed E-state index contributed by atoms with van der Waals surface area (Å²) in [7, 11) is 0. The molecule has 0 amide bonds. The van der Waals surface area contributed by atoms with Gasteiger partial charge in [0.2, 0.25) is 0 Å². The third kappa shape index (κ3) is 0.975. The van der Waals surface area contributed by atoms with Crippen LogP contribution in [0.3, 0.4) is 0 Å². The molecule has 0 aromatic rings. The van der Waals surface area contributed by atoms with E-state index in [-0.39, 0.29) is 5.84 Å². The lowest BCUT2D eigenvalue weighted by Gasteiger charge is -1.84. The van der Waals surface area contributed by atoms with Gasteiger partial charge in [0, 0.05) is 0 Å². The molecular weight excluding hydrogens is 128 g/mol. The van der Waals surface area contributed by atoms with Gasteiger partial charge < -0.3 is 10.1 Å². The Labute approximate surface area is 50.1 Å². The normalized spacial score (nSPS) is 18.2. The summed E-state index contributed by atoms with van der Waals surface area (Å²) in [6.45, 7) is 0. The first-order chi connectivity index (χ1) is 3.80. The van der Waals surface area contributed by atoms with Crippen LogP contribution in [0.15, 0.2) is 4.99 Å². The third-order valence-electron chi connectivity index (χ3n) is 0.615. The van der Waals surface area contributed by atoms with Gasteiger partial charge in [-0.15, -0.1) is 0 Å². The van der Waals surface area contributed by atoms with E-state index in [1.54, 1.807) is 0 Å². The molecule has 0 atom stereocenters. The van der Waals surface area contributed by atoms with Crippen molar-refractivity contribution in [1.82, 2.24) is 0 Å². The van der Waals surface area contributed by atoms with Gasteiger partial charge in [0.05, 0.1) is 0 Å². The molecule has 0 bridgehead atoms. The van der Waals surface area contributed by atoms with Crippen LogP contribution in [0.1, 0.15) is 0 Å². The lowest BCUT2D eigenvalue weighted by atomic mass is 10.7. The summed E-state index contributed by atoms with van der Waals surface area (Å²) < 4.78 is 0. The number of aliphatic imine (C=N–C) groups is 1. The fourth-order valence-electron chi connectivity index (χ4n) is 0.318. The molecule has 8 heavy (non-hydrogen) atoms. The molecule has 1 heterocycles. The van der Waals surface area contributed by atoms with E-state index in [1.807, 2.05) is 0 Å². The van der Waals surface area contributed by atoms with Crippen molar-refractivity contribution in [2.75, 3.05) is 5.88 Å². The van der Waals surface area contributed by atoms with Crippen molar-refractivity contribution < 1.29 is 4.92 Å². The number of nitro groups is 1. The molecular formula is C3H2N2O2S. The standard InChI is InChI=1S/C3H2N2O2S/c6-5(7)3-1-8-2-4-3/h2H2. The zero-order chi connectivity index (χ0) is 5.98. The molecule has 0 aliphatic carbocycles. The first-order valence-electron chi connectivity index (χ1n) is 1.87. The van der Waals surface area contributed by atoms with Crippen LogP contribution in [0.4, 0.5) is 0 Å². The van der Waals surface area contributed by atoms with E-state index in [4.69, 9.17) is 0 Å². The maximum absolute atomic E-state index is 9.80. The van der Waals surface area contributed by atoms with Gasteiger partial charge in [-0.1, -0.05) is 16.8 Å². The Morgan fingerprint density at radius 3 is 3.00 bits per heavy atom. The molecule has 2 radical (unpaired) electrons. The van der Waals surface area contributed by atoms with Crippen LogP contribution < -0.4 is 0 Å². The van der Waals surface area contributed by atoms with Crippen molar-refractivity contribution in [1.29, 1.82) is 0 Å². The second kappa shape index (κ2) is 2.13. The molecule has 0 N–H and O–H groups in total. The molecule has 42 valence electrons. The molecule has 0 saturated carbocycles. The Morgan fingerprint density at radius 1 is 2.00 bits per heavy atom. The molecule has 1 rings (SSSR count). The van der Waals surface area contributed by atoms with E-state index in [0.717, 1.165) is 0 Å². The summed E-state index contributed by atoms with van der Waals surface area (Å²) in [5.74, 6) is 2.72. The molecule has 0 saturated heterocycles. The fourth-order valence-corrected chi connectivity index (χ4v) is 0.837. The summed E-state index contributed by atoms with van der Waals surface area (Å²) in [6.07, 6.45) is 0. The van der Waals surface area contributed by atoms with Crippen LogP contribution >= 0.6 is 11.8 Å². The molecule has 1 aliphatic heterocycles. The summed E-state index contributed by atoms with van der Waals surface area (Å²) in [5.41, 5.74) is 0. The SMILES string of the molecule is O=[N+]([O-])C1=NCS[C]1. The summed E-state index contributed by atoms with van der Waals surface area (Å²) in [4.78, 5) is 12.8. The predicted octanol–water partition coefficient (Wildman–Crippen LogP) is 0.405. The van der Waals surface area contributed by atoms with Crippen molar-refractivity contribution >= 4 is 17.6 Å². The predicted molar refractivity (Wildman–Crippen MR) is 30.1 cm³/mol. The zero-order valence-electron chi connectivity index (χ0n) is 3.83. The summed E-state index contributed by atoms with van der Waals surface area (Å²) in [6, 6.07) is 0. The van der Waals surface area contributed by atoms with Crippen molar-refractivity contribution in [2.45, 2.75) is 0 Å². The lowest BCUT2D eigenvalue weighted by Crippen LogP contribution is -2.06. The molecule has 0 aromatic carbocycles.